The Hall–Kier alpha value is -0.433. The van der Waals surface area contributed by atoms with Gasteiger partial charge in [0.25, 0.3) is 0 Å². The molecule has 0 bridgehead atoms. The van der Waals surface area contributed by atoms with Gasteiger partial charge in [-0.15, -0.1) is 0 Å². The SMILES string of the molecule is CCOC(=O)C(C)[Si](OCC)(OCC)OCC. The van der Waals surface area contributed by atoms with Gasteiger partial charge in [-0.1, -0.05) is 0 Å². The Kier molecular flexibility index (Phi) is 8.41. The lowest BCUT2D eigenvalue weighted by molar-refractivity contribution is -0.144. The van der Waals surface area contributed by atoms with Crippen LogP contribution >= 0.6 is 0 Å². The molecule has 0 aliphatic rings. The minimum atomic E-state index is -2.97. The molecule has 102 valence electrons. The van der Waals surface area contributed by atoms with Crippen LogP contribution in [0.1, 0.15) is 34.6 Å². The standard InChI is InChI=1S/C11H24O5Si/c1-6-13-11(12)10(5)17(14-7-2,15-8-3)16-9-4/h10H,6-9H2,1-5H3. The molecule has 0 rings (SSSR count). The van der Waals surface area contributed by atoms with Crippen molar-refractivity contribution < 1.29 is 22.8 Å². The van der Waals surface area contributed by atoms with Gasteiger partial charge in [0.15, 0.2) is 0 Å². The largest absolute Gasteiger partial charge is 0.515 e. The van der Waals surface area contributed by atoms with E-state index in [-0.39, 0.29) is 5.97 Å². The molecule has 0 aromatic heterocycles. The summed E-state index contributed by atoms with van der Waals surface area (Å²) in [6.45, 7) is 10.8. The zero-order valence-corrected chi connectivity index (χ0v) is 12.4. The van der Waals surface area contributed by atoms with Crippen molar-refractivity contribution >= 4 is 14.8 Å². The quantitative estimate of drug-likeness (QED) is 0.471. The van der Waals surface area contributed by atoms with E-state index in [1.165, 1.54) is 0 Å². The summed E-state index contributed by atoms with van der Waals surface area (Å²) in [6.07, 6.45) is 0. The van der Waals surface area contributed by atoms with E-state index < -0.39 is 14.3 Å². The van der Waals surface area contributed by atoms with Gasteiger partial charge in [-0.3, -0.25) is 4.79 Å². The molecular weight excluding hydrogens is 240 g/mol. The second-order valence-corrected chi connectivity index (χ2v) is 6.32. The van der Waals surface area contributed by atoms with Gasteiger partial charge >= 0.3 is 14.8 Å². The van der Waals surface area contributed by atoms with Crippen molar-refractivity contribution in [3.63, 3.8) is 0 Å². The van der Waals surface area contributed by atoms with E-state index in [0.717, 1.165) is 0 Å². The highest BCUT2D eigenvalue weighted by molar-refractivity contribution is 6.66. The number of rotatable bonds is 9. The monoisotopic (exact) mass is 264 g/mol. The Balaban J connectivity index is 4.88. The molecule has 0 aliphatic carbocycles. The maximum Gasteiger partial charge on any atom is 0.515 e. The van der Waals surface area contributed by atoms with Crippen LogP contribution in [-0.2, 0) is 22.8 Å². The van der Waals surface area contributed by atoms with E-state index in [4.69, 9.17) is 18.0 Å². The second kappa shape index (κ2) is 8.63. The molecule has 0 aromatic rings. The van der Waals surface area contributed by atoms with Crippen LogP contribution < -0.4 is 0 Å². The number of hydrogen-bond donors (Lipinski definition) is 0. The Morgan fingerprint density at radius 2 is 1.35 bits per heavy atom. The summed E-state index contributed by atoms with van der Waals surface area (Å²) in [5, 5.41) is 0. The third kappa shape index (κ3) is 4.75. The average molecular weight is 264 g/mol. The fourth-order valence-corrected chi connectivity index (χ4v) is 4.09. The molecule has 0 saturated heterocycles. The van der Waals surface area contributed by atoms with E-state index in [1.807, 2.05) is 20.8 Å². The lowest BCUT2D eigenvalue weighted by Crippen LogP contribution is -2.52. The van der Waals surface area contributed by atoms with Crippen LogP contribution in [0.5, 0.6) is 0 Å². The Morgan fingerprint density at radius 1 is 0.941 bits per heavy atom. The van der Waals surface area contributed by atoms with Gasteiger partial charge in [0.05, 0.1) is 6.61 Å². The Morgan fingerprint density at radius 3 is 1.65 bits per heavy atom. The predicted octanol–water partition coefficient (Wildman–Crippen LogP) is 1.99. The van der Waals surface area contributed by atoms with Crippen molar-refractivity contribution in [1.82, 2.24) is 0 Å². The highest BCUT2D eigenvalue weighted by Crippen LogP contribution is 2.27. The van der Waals surface area contributed by atoms with Gasteiger partial charge in [-0.2, -0.15) is 0 Å². The van der Waals surface area contributed by atoms with Crippen molar-refractivity contribution in [2.24, 2.45) is 0 Å². The van der Waals surface area contributed by atoms with Crippen LogP contribution in [0.4, 0.5) is 0 Å². The number of carbonyl (C=O) groups is 1. The second-order valence-electron chi connectivity index (χ2n) is 3.38. The third-order valence-electron chi connectivity index (χ3n) is 2.21. The molecule has 0 aliphatic heterocycles. The van der Waals surface area contributed by atoms with E-state index in [1.54, 1.807) is 13.8 Å². The summed E-state index contributed by atoms with van der Waals surface area (Å²) < 4.78 is 21.9. The molecule has 1 atom stereocenters. The van der Waals surface area contributed by atoms with Crippen LogP contribution in [0.25, 0.3) is 0 Å². The molecule has 0 fully saturated rings. The van der Waals surface area contributed by atoms with Crippen LogP contribution in [0, 0.1) is 0 Å². The van der Waals surface area contributed by atoms with E-state index in [0.29, 0.717) is 26.4 Å². The summed E-state index contributed by atoms with van der Waals surface area (Å²) in [5.41, 5.74) is -0.498. The van der Waals surface area contributed by atoms with E-state index >= 15 is 0 Å². The number of ether oxygens (including phenoxy) is 1. The van der Waals surface area contributed by atoms with E-state index in [9.17, 15) is 4.79 Å². The minimum Gasteiger partial charge on any atom is -0.466 e. The molecule has 0 aromatic carbocycles. The average Bonchev–Trinajstić information content (AvgIpc) is 2.29. The molecule has 6 heteroatoms. The highest BCUT2D eigenvalue weighted by Gasteiger charge is 2.51. The molecule has 1 unspecified atom stereocenters. The highest BCUT2D eigenvalue weighted by atomic mass is 28.4. The van der Waals surface area contributed by atoms with Gasteiger partial charge in [0.2, 0.25) is 0 Å². The molecule has 0 radical (unpaired) electrons. The van der Waals surface area contributed by atoms with Gasteiger partial charge < -0.3 is 18.0 Å². The van der Waals surface area contributed by atoms with E-state index in [2.05, 4.69) is 0 Å². The normalized spacial score (nSPS) is 13.5. The van der Waals surface area contributed by atoms with Crippen molar-refractivity contribution in [2.75, 3.05) is 26.4 Å². The predicted molar refractivity (Wildman–Crippen MR) is 66.7 cm³/mol. The molecule has 0 amide bonds. The lowest BCUT2D eigenvalue weighted by atomic mass is 10.5. The van der Waals surface area contributed by atoms with Crippen molar-refractivity contribution in [3.8, 4) is 0 Å². The Labute approximate surface area is 105 Å². The van der Waals surface area contributed by atoms with Gasteiger partial charge in [-0.25, -0.2) is 0 Å². The lowest BCUT2D eigenvalue weighted by Gasteiger charge is -2.31. The molecular formula is C11H24O5Si. The number of esters is 1. The number of hydrogen-bond acceptors (Lipinski definition) is 5. The zero-order chi connectivity index (χ0) is 13.3. The van der Waals surface area contributed by atoms with Gasteiger partial charge in [0.1, 0.15) is 5.54 Å². The van der Waals surface area contributed by atoms with Crippen LogP contribution in [0.2, 0.25) is 5.54 Å². The minimum absolute atomic E-state index is 0.325. The fraction of sp³-hybridized carbons (Fsp3) is 0.909. The smallest absolute Gasteiger partial charge is 0.466 e. The first kappa shape index (κ1) is 16.6. The number of carbonyl (C=O) groups excluding carboxylic acids is 1. The molecule has 17 heavy (non-hydrogen) atoms. The maximum atomic E-state index is 11.8. The zero-order valence-electron chi connectivity index (χ0n) is 11.4. The molecule has 0 spiro atoms. The van der Waals surface area contributed by atoms with Crippen molar-refractivity contribution in [2.45, 2.75) is 40.2 Å². The Bertz CT molecular complexity index is 205. The first-order valence-corrected chi connectivity index (χ1v) is 7.96. The van der Waals surface area contributed by atoms with Crippen LogP contribution in [0.3, 0.4) is 0 Å². The van der Waals surface area contributed by atoms with Gasteiger partial charge in [-0.05, 0) is 34.6 Å². The fourth-order valence-electron chi connectivity index (χ4n) is 1.52. The third-order valence-corrected chi connectivity index (χ3v) is 5.58. The summed E-state index contributed by atoms with van der Waals surface area (Å²) in [7, 11) is -2.97. The summed E-state index contributed by atoms with van der Waals surface area (Å²) in [6, 6.07) is 0. The molecule has 0 saturated carbocycles. The molecule has 0 heterocycles. The molecule has 0 N–H and O–H groups in total. The first-order valence-electron chi connectivity index (χ1n) is 6.16. The molecule has 5 nitrogen and oxygen atoms in total. The first-order chi connectivity index (χ1) is 8.07. The van der Waals surface area contributed by atoms with Crippen molar-refractivity contribution in [1.29, 1.82) is 0 Å². The van der Waals surface area contributed by atoms with Gasteiger partial charge in [0, 0.05) is 19.8 Å². The topological polar surface area (TPSA) is 54.0 Å². The summed E-state index contributed by atoms with van der Waals surface area (Å²) >= 11 is 0. The summed E-state index contributed by atoms with van der Waals surface area (Å²) in [5.74, 6) is -0.325. The van der Waals surface area contributed by atoms with Crippen LogP contribution in [-0.4, -0.2) is 41.2 Å². The van der Waals surface area contributed by atoms with Crippen LogP contribution in [0.15, 0.2) is 0 Å². The van der Waals surface area contributed by atoms with Crippen molar-refractivity contribution in [3.05, 3.63) is 0 Å². The maximum absolute atomic E-state index is 11.8. The summed E-state index contributed by atoms with van der Waals surface area (Å²) in [4.78, 5) is 11.8.